The Hall–Kier alpha value is -8.61. The highest BCUT2D eigenvalue weighted by Gasteiger charge is 2.24. The van der Waals surface area contributed by atoms with E-state index in [2.05, 4.69) is 209 Å². The van der Waals surface area contributed by atoms with E-state index >= 15 is 0 Å². The SMILES string of the molecule is c1ccc(-c2cccc(-c3cccc(-c4nc(-c5cccc6c5c5ccccc5n6-c5ccccc5)nc(-n5c6ccccc6c6ccc7c8ccccc8oc7c65)n4)c3)c2)cc1. The van der Waals surface area contributed by atoms with Gasteiger partial charge in [-0.2, -0.15) is 9.97 Å². The Morgan fingerprint density at radius 3 is 1.70 bits per heavy atom. The Morgan fingerprint density at radius 2 is 0.905 bits per heavy atom. The third kappa shape index (κ3) is 5.55. The molecule has 0 radical (unpaired) electrons. The fourth-order valence-corrected chi connectivity index (χ4v) is 9.56. The average molecular weight is 806 g/mol. The Bertz CT molecular complexity index is 3920. The van der Waals surface area contributed by atoms with Crippen molar-refractivity contribution in [1.82, 2.24) is 24.1 Å². The number of fused-ring (bicyclic) bond motifs is 10. The lowest BCUT2D eigenvalue weighted by molar-refractivity contribution is 0.670. The first-order chi connectivity index (χ1) is 31.2. The minimum atomic E-state index is 0.509. The van der Waals surface area contributed by atoms with Crippen LogP contribution < -0.4 is 0 Å². The van der Waals surface area contributed by atoms with Gasteiger partial charge in [-0.25, -0.2) is 4.98 Å². The van der Waals surface area contributed by atoms with Crippen molar-refractivity contribution >= 4 is 65.6 Å². The van der Waals surface area contributed by atoms with Crippen LogP contribution >= 0.6 is 0 Å². The van der Waals surface area contributed by atoms with Crippen molar-refractivity contribution < 1.29 is 4.42 Å². The second-order valence-electron chi connectivity index (χ2n) is 16.0. The van der Waals surface area contributed by atoms with Crippen molar-refractivity contribution in [2.75, 3.05) is 0 Å². The first kappa shape index (κ1) is 35.2. The van der Waals surface area contributed by atoms with Gasteiger partial charge in [-0.3, -0.25) is 4.57 Å². The van der Waals surface area contributed by atoms with Crippen LogP contribution in [-0.2, 0) is 0 Å². The standard InChI is InChI=1S/C57H35N5O/c1-3-16-36(17-4-1)37-18-13-19-38(34-37)39-20-14-21-40(35-39)55-58-56(47-27-15-30-50-52(47)46-26-8-11-29-49(46)61(50)41-22-5-2-6-23-41)60-57(59-55)62-48-28-10-7-24-42(48)44-32-33-45-43-25-9-12-31-51(43)63-54(45)53(44)62/h1-35H. The molecule has 0 atom stereocenters. The van der Waals surface area contributed by atoms with Crippen LogP contribution in [-0.4, -0.2) is 24.1 Å². The zero-order valence-corrected chi connectivity index (χ0v) is 33.9. The predicted molar refractivity (Wildman–Crippen MR) is 258 cm³/mol. The normalized spacial score (nSPS) is 11.8. The van der Waals surface area contributed by atoms with E-state index < -0.39 is 0 Å². The zero-order valence-electron chi connectivity index (χ0n) is 33.9. The summed E-state index contributed by atoms with van der Waals surface area (Å²) in [6.07, 6.45) is 0. The van der Waals surface area contributed by atoms with Gasteiger partial charge in [-0.15, -0.1) is 0 Å². The first-order valence-corrected chi connectivity index (χ1v) is 21.2. The van der Waals surface area contributed by atoms with Gasteiger partial charge in [0.25, 0.3) is 0 Å². The first-order valence-electron chi connectivity index (χ1n) is 21.2. The van der Waals surface area contributed by atoms with Crippen molar-refractivity contribution in [2.45, 2.75) is 0 Å². The van der Waals surface area contributed by atoms with Crippen LogP contribution in [0.1, 0.15) is 0 Å². The Morgan fingerprint density at radius 1 is 0.349 bits per heavy atom. The molecular formula is C57H35N5O. The number of benzene rings is 9. The second kappa shape index (κ2) is 14.0. The minimum absolute atomic E-state index is 0.509. The largest absolute Gasteiger partial charge is 0.454 e. The van der Waals surface area contributed by atoms with Crippen molar-refractivity contribution in [3.8, 4) is 56.7 Å². The van der Waals surface area contributed by atoms with E-state index in [0.717, 1.165) is 99.1 Å². The summed E-state index contributed by atoms with van der Waals surface area (Å²) >= 11 is 0. The monoisotopic (exact) mass is 805 g/mol. The van der Waals surface area contributed by atoms with Crippen molar-refractivity contribution in [2.24, 2.45) is 0 Å². The molecular weight excluding hydrogens is 771 g/mol. The quantitative estimate of drug-likeness (QED) is 0.168. The Balaban J connectivity index is 1.10. The third-order valence-electron chi connectivity index (χ3n) is 12.4. The minimum Gasteiger partial charge on any atom is -0.454 e. The van der Waals surface area contributed by atoms with Crippen LogP contribution in [0.5, 0.6) is 0 Å². The lowest BCUT2D eigenvalue weighted by Gasteiger charge is -2.13. The van der Waals surface area contributed by atoms with Crippen LogP contribution in [0.3, 0.4) is 0 Å². The lowest BCUT2D eigenvalue weighted by atomic mass is 9.98. The molecule has 0 saturated heterocycles. The van der Waals surface area contributed by atoms with E-state index in [9.17, 15) is 0 Å². The molecule has 0 bridgehead atoms. The molecule has 0 aliphatic carbocycles. The number of hydrogen-bond donors (Lipinski definition) is 0. The maximum Gasteiger partial charge on any atom is 0.238 e. The highest BCUT2D eigenvalue weighted by atomic mass is 16.3. The Kier molecular flexibility index (Phi) is 7.80. The number of hydrogen-bond acceptors (Lipinski definition) is 4. The molecule has 9 aromatic carbocycles. The van der Waals surface area contributed by atoms with Crippen LogP contribution in [0.4, 0.5) is 0 Å². The third-order valence-corrected chi connectivity index (χ3v) is 12.4. The van der Waals surface area contributed by atoms with Crippen molar-refractivity contribution in [1.29, 1.82) is 0 Å². The fraction of sp³-hybridized carbons (Fsp3) is 0. The summed E-state index contributed by atoms with van der Waals surface area (Å²) in [4.78, 5) is 16.3. The van der Waals surface area contributed by atoms with E-state index in [0.29, 0.717) is 17.6 Å². The van der Waals surface area contributed by atoms with E-state index in [1.165, 1.54) is 5.56 Å². The zero-order chi connectivity index (χ0) is 41.4. The Labute approximate surface area is 361 Å². The summed E-state index contributed by atoms with van der Waals surface area (Å²) in [5.41, 5.74) is 13.1. The second-order valence-corrected chi connectivity index (χ2v) is 16.0. The molecule has 6 heteroatoms. The maximum atomic E-state index is 6.75. The van der Waals surface area contributed by atoms with Gasteiger partial charge in [0.2, 0.25) is 5.95 Å². The molecule has 0 saturated carbocycles. The summed E-state index contributed by atoms with van der Waals surface area (Å²) < 4.78 is 11.2. The van der Waals surface area contributed by atoms with Crippen LogP contribution in [0.25, 0.3) is 122 Å². The van der Waals surface area contributed by atoms with Gasteiger partial charge in [-0.1, -0.05) is 158 Å². The number of furan rings is 1. The molecule has 6 nitrogen and oxygen atoms in total. The fourth-order valence-electron chi connectivity index (χ4n) is 9.56. The van der Waals surface area contributed by atoms with E-state index in [-0.39, 0.29) is 0 Å². The molecule has 0 unspecified atom stereocenters. The highest BCUT2D eigenvalue weighted by Crippen LogP contribution is 2.42. The summed E-state index contributed by atoms with van der Waals surface area (Å²) in [5, 5.41) is 6.46. The smallest absolute Gasteiger partial charge is 0.238 e. The molecule has 0 fully saturated rings. The van der Waals surface area contributed by atoms with Gasteiger partial charge in [0.15, 0.2) is 17.2 Å². The van der Waals surface area contributed by atoms with Gasteiger partial charge in [0.05, 0.1) is 16.6 Å². The molecule has 0 spiro atoms. The van der Waals surface area contributed by atoms with E-state index in [4.69, 9.17) is 19.4 Å². The highest BCUT2D eigenvalue weighted by molar-refractivity contribution is 6.21. The van der Waals surface area contributed by atoms with Crippen LogP contribution in [0, 0.1) is 0 Å². The van der Waals surface area contributed by atoms with Crippen molar-refractivity contribution in [3.63, 3.8) is 0 Å². The summed E-state index contributed by atoms with van der Waals surface area (Å²) in [6, 6.07) is 74.3. The van der Waals surface area contributed by atoms with Crippen LogP contribution in [0.2, 0.25) is 0 Å². The molecule has 4 heterocycles. The predicted octanol–water partition coefficient (Wildman–Crippen LogP) is 14.6. The molecule has 294 valence electrons. The molecule has 4 aromatic heterocycles. The molecule has 0 aliphatic heterocycles. The van der Waals surface area contributed by atoms with E-state index in [1.54, 1.807) is 0 Å². The lowest BCUT2D eigenvalue weighted by Crippen LogP contribution is -2.06. The van der Waals surface area contributed by atoms with Gasteiger partial charge in [0, 0.05) is 49.1 Å². The van der Waals surface area contributed by atoms with Gasteiger partial charge < -0.3 is 8.98 Å². The summed E-state index contributed by atoms with van der Waals surface area (Å²) in [7, 11) is 0. The topological polar surface area (TPSA) is 61.7 Å². The number of rotatable bonds is 6. The molecule has 63 heavy (non-hydrogen) atoms. The number of aromatic nitrogens is 5. The average Bonchev–Trinajstić information content (AvgIpc) is 4.03. The molecule has 0 amide bonds. The molecule has 13 aromatic rings. The van der Waals surface area contributed by atoms with Gasteiger partial charge in [0.1, 0.15) is 11.1 Å². The summed E-state index contributed by atoms with van der Waals surface area (Å²) in [5.74, 6) is 1.66. The van der Waals surface area contributed by atoms with Gasteiger partial charge >= 0.3 is 0 Å². The molecule has 0 aliphatic rings. The number of para-hydroxylation sites is 4. The van der Waals surface area contributed by atoms with Gasteiger partial charge in [-0.05, 0) is 76.9 Å². The molecule has 13 rings (SSSR count). The van der Waals surface area contributed by atoms with Crippen molar-refractivity contribution in [3.05, 3.63) is 212 Å². The van der Waals surface area contributed by atoms with E-state index in [1.807, 2.05) is 12.1 Å². The summed E-state index contributed by atoms with van der Waals surface area (Å²) in [6.45, 7) is 0. The maximum absolute atomic E-state index is 6.75. The number of nitrogens with zero attached hydrogens (tertiary/aromatic N) is 5. The molecule has 0 N–H and O–H groups in total. The van der Waals surface area contributed by atoms with Crippen LogP contribution in [0.15, 0.2) is 217 Å².